The molecule has 2 aromatic rings. The van der Waals surface area contributed by atoms with Crippen LogP contribution in [-0.2, 0) is 6.54 Å². The first-order valence-corrected chi connectivity index (χ1v) is 6.75. The van der Waals surface area contributed by atoms with Crippen molar-refractivity contribution in [2.45, 2.75) is 13.0 Å². The molecule has 4 heteroatoms. The summed E-state index contributed by atoms with van der Waals surface area (Å²) in [6.07, 6.45) is 0.439. The minimum absolute atomic E-state index is 0.127. The van der Waals surface area contributed by atoms with Gasteiger partial charge in [-0.2, -0.15) is 5.26 Å². The minimum Gasteiger partial charge on any atom is -0.366 e. The van der Waals surface area contributed by atoms with Gasteiger partial charge in [0.1, 0.15) is 5.82 Å². The highest BCUT2D eigenvalue weighted by atomic mass is 19.1. The van der Waals surface area contributed by atoms with Crippen molar-refractivity contribution in [2.24, 2.45) is 0 Å². The number of halogens is 1. The molecule has 0 N–H and O–H groups in total. The Morgan fingerprint density at radius 1 is 1.24 bits per heavy atom. The molecule has 3 rings (SSSR count). The largest absolute Gasteiger partial charge is 0.366 e. The van der Waals surface area contributed by atoms with Crippen LogP contribution in [0.3, 0.4) is 0 Å². The molecule has 0 fully saturated rings. The Morgan fingerprint density at radius 2 is 2.05 bits per heavy atom. The number of para-hydroxylation sites is 1. The molecule has 104 valence electrons. The van der Waals surface area contributed by atoms with Gasteiger partial charge >= 0.3 is 0 Å². The number of nitrogens with zero attached hydrogens (tertiary/aromatic N) is 2. The molecule has 3 nitrogen and oxygen atoms in total. The Balaban J connectivity index is 1.91. The lowest BCUT2D eigenvalue weighted by atomic mass is 9.99. The maximum absolute atomic E-state index is 14.0. The van der Waals surface area contributed by atoms with E-state index in [1.807, 2.05) is 29.2 Å². The van der Waals surface area contributed by atoms with Gasteiger partial charge in [-0.1, -0.05) is 18.2 Å². The third-order valence-electron chi connectivity index (χ3n) is 3.70. The van der Waals surface area contributed by atoms with E-state index in [1.165, 1.54) is 6.07 Å². The van der Waals surface area contributed by atoms with Crippen LogP contribution in [0.5, 0.6) is 0 Å². The molecule has 0 atom stereocenters. The van der Waals surface area contributed by atoms with Crippen LogP contribution in [0.15, 0.2) is 42.5 Å². The van der Waals surface area contributed by atoms with Crippen LogP contribution < -0.4 is 4.90 Å². The van der Waals surface area contributed by atoms with E-state index < -0.39 is 0 Å². The summed E-state index contributed by atoms with van der Waals surface area (Å²) in [5, 5.41) is 8.77. The van der Waals surface area contributed by atoms with E-state index in [0.29, 0.717) is 36.2 Å². The van der Waals surface area contributed by atoms with E-state index in [9.17, 15) is 9.18 Å². The highest BCUT2D eigenvalue weighted by Crippen LogP contribution is 2.28. The molecule has 0 saturated heterocycles. The third kappa shape index (κ3) is 2.50. The molecule has 0 amide bonds. The maximum atomic E-state index is 14.0. The second-order valence-corrected chi connectivity index (χ2v) is 5.03. The predicted molar refractivity (Wildman–Crippen MR) is 77.6 cm³/mol. The molecule has 1 aliphatic heterocycles. The van der Waals surface area contributed by atoms with E-state index in [2.05, 4.69) is 0 Å². The van der Waals surface area contributed by atoms with Gasteiger partial charge in [-0.3, -0.25) is 4.79 Å². The van der Waals surface area contributed by atoms with E-state index in [-0.39, 0.29) is 11.6 Å². The van der Waals surface area contributed by atoms with Crippen molar-refractivity contribution in [2.75, 3.05) is 11.4 Å². The molecule has 21 heavy (non-hydrogen) atoms. The summed E-state index contributed by atoms with van der Waals surface area (Å²) >= 11 is 0. The maximum Gasteiger partial charge on any atom is 0.166 e. The lowest BCUT2D eigenvalue weighted by Crippen LogP contribution is -2.31. The number of fused-ring (bicyclic) bond motifs is 1. The fourth-order valence-corrected chi connectivity index (χ4v) is 2.59. The lowest BCUT2D eigenvalue weighted by molar-refractivity contribution is 0.0979. The number of hydrogen-bond acceptors (Lipinski definition) is 3. The van der Waals surface area contributed by atoms with E-state index in [0.717, 1.165) is 5.69 Å². The van der Waals surface area contributed by atoms with Crippen molar-refractivity contribution in [3.8, 4) is 6.07 Å². The molecule has 0 unspecified atom stereocenters. The van der Waals surface area contributed by atoms with Crippen LogP contribution in [0.1, 0.15) is 27.9 Å². The van der Waals surface area contributed by atoms with E-state index in [4.69, 9.17) is 5.26 Å². The average Bonchev–Trinajstić information content (AvgIpc) is 2.52. The first-order valence-electron chi connectivity index (χ1n) is 6.75. The Kier molecular flexibility index (Phi) is 3.41. The van der Waals surface area contributed by atoms with Crippen LogP contribution in [0.4, 0.5) is 10.1 Å². The van der Waals surface area contributed by atoms with Gasteiger partial charge < -0.3 is 4.90 Å². The smallest absolute Gasteiger partial charge is 0.166 e. The Bertz CT molecular complexity index is 749. The molecule has 0 radical (unpaired) electrons. The van der Waals surface area contributed by atoms with Crippen LogP contribution in [0.2, 0.25) is 0 Å². The molecule has 0 saturated carbocycles. The van der Waals surface area contributed by atoms with Gasteiger partial charge in [0.2, 0.25) is 0 Å². The molecular formula is C17H13FN2O. The summed E-state index contributed by atoms with van der Waals surface area (Å²) in [6, 6.07) is 13.8. The SMILES string of the molecule is N#Cc1ccc(CN2CCC(=O)c3ccccc32)c(F)c1. The second-order valence-electron chi connectivity index (χ2n) is 5.03. The van der Waals surface area contributed by atoms with E-state index >= 15 is 0 Å². The minimum atomic E-state index is -0.386. The summed E-state index contributed by atoms with van der Waals surface area (Å²) in [5.74, 6) is -0.259. The van der Waals surface area contributed by atoms with Gasteiger partial charge in [0.25, 0.3) is 0 Å². The first-order chi connectivity index (χ1) is 10.2. The fraction of sp³-hybridized carbons (Fsp3) is 0.176. The number of Topliss-reactive ketones (excluding diaryl/α,β-unsaturated/α-hetero) is 1. The first kappa shape index (κ1) is 13.3. The standard InChI is InChI=1S/C17H13FN2O/c18-15-9-12(10-19)5-6-13(15)11-20-8-7-17(21)14-3-1-2-4-16(14)20/h1-6,9H,7-8,11H2. The second kappa shape index (κ2) is 5.37. The summed E-state index contributed by atoms with van der Waals surface area (Å²) in [7, 11) is 0. The van der Waals surface area contributed by atoms with Gasteiger partial charge in [-0.15, -0.1) is 0 Å². The molecule has 1 aliphatic rings. The van der Waals surface area contributed by atoms with Gasteiger partial charge in [-0.05, 0) is 24.3 Å². The summed E-state index contributed by atoms with van der Waals surface area (Å²) in [6.45, 7) is 0.969. The van der Waals surface area contributed by atoms with E-state index in [1.54, 1.807) is 18.2 Å². The summed E-state index contributed by atoms with van der Waals surface area (Å²) < 4.78 is 14.0. The number of nitriles is 1. The number of anilines is 1. The quantitative estimate of drug-likeness (QED) is 0.848. The number of rotatable bonds is 2. The highest BCUT2D eigenvalue weighted by molar-refractivity contribution is 6.03. The average molecular weight is 280 g/mol. The van der Waals surface area contributed by atoms with Gasteiger partial charge in [0.15, 0.2) is 5.78 Å². The number of benzene rings is 2. The molecule has 0 aliphatic carbocycles. The number of carbonyl (C=O) groups excluding carboxylic acids is 1. The van der Waals surface area contributed by atoms with Crippen LogP contribution in [0, 0.1) is 17.1 Å². The summed E-state index contributed by atoms with van der Waals surface area (Å²) in [5.41, 5.74) is 2.37. The van der Waals surface area contributed by atoms with Gasteiger partial charge in [-0.25, -0.2) is 4.39 Å². The van der Waals surface area contributed by atoms with Gasteiger partial charge in [0, 0.05) is 36.3 Å². The Labute approximate surface area is 122 Å². The Morgan fingerprint density at radius 3 is 2.81 bits per heavy atom. The topological polar surface area (TPSA) is 44.1 Å². The highest BCUT2D eigenvalue weighted by Gasteiger charge is 2.23. The van der Waals surface area contributed by atoms with Crippen LogP contribution in [-0.4, -0.2) is 12.3 Å². The zero-order chi connectivity index (χ0) is 14.8. The van der Waals surface area contributed by atoms with Crippen LogP contribution >= 0.6 is 0 Å². The zero-order valence-electron chi connectivity index (χ0n) is 11.3. The number of carbonyl (C=O) groups is 1. The Hall–Kier alpha value is -2.67. The van der Waals surface area contributed by atoms with Crippen molar-refractivity contribution >= 4 is 11.5 Å². The molecule has 1 heterocycles. The zero-order valence-corrected chi connectivity index (χ0v) is 11.3. The lowest BCUT2D eigenvalue weighted by Gasteiger charge is -2.30. The molecule has 0 aromatic heterocycles. The van der Waals surface area contributed by atoms with Crippen molar-refractivity contribution < 1.29 is 9.18 Å². The molecular weight excluding hydrogens is 267 g/mol. The van der Waals surface area contributed by atoms with Gasteiger partial charge in [0.05, 0.1) is 11.6 Å². The van der Waals surface area contributed by atoms with Crippen molar-refractivity contribution in [1.29, 1.82) is 5.26 Å². The third-order valence-corrected chi connectivity index (χ3v) is 3.70. The van der Waals surface area contributed by atoms with Crippen molar-refractivity contribution in [3.05, 3.63) is 65.0 Å². The van der Waals surface area contributed by atoms with Crippen LogP contribution in [0.25, 0.3) is 0 Å². The number of ketones is 1. The monoisotopic (exact) mass is 280 g/mol. The molecule has 0 bridgehead atoms. The van der Waals surface area contributed by atoms with Crippen molar-refractivity contribution in [3.63, 3.8) is 0 Å². The van der Waals surface area contributed by atoms with Crippen molar-refractivity contribution in [1.82, 2.24) is 0 Å². The number of hydrogen-bond donors (Lipinski definition) is 0. The predicted octanol–water partition coefficient (Wildman–Crippen LogP) is 3.29. The fourth-order valence-electron chi connectivity index (χ4n) is 2.59. The summed E-state index contributed by atoms with van der Waals surface area (Å²) in [4.78, 5) is 13.9. The molecule has 2 aromatic carbocycles. The molecule has 0 spiro atoms. The normalized spacial score (nSPS) is 13.7.